The molecular weight excluding hydrogens is 99.0 g/mol. The van der Waals surface area contributed by atoms with E-state index in [0.717, 1.165) is 15.2 Å². The topological polar surface area (TPSA) is 0 Å². The normalized spacial score (nSPS) is 22.4. The molecule has 0 heterocycles. The summed E-state index contributed by atoms with van der Waals surface area (Å²) in [5.41, 5.74) is 0. The van der Waals surface area contributed by atoms with E-state index < -0.39 is 0 Å². The van der Waals surface area contributed by atoms with Crippen molar-refractivity contribution in [2.45, 2.75) is 36.2 Å². The van der Waals surface area contributed by atoms with Crippen molar-refractivity contribution in [1.82, 2.24) is 0 Å². The standard InChI is InChI=1S/C5H9.CH3.Al/c1-2-4-5-3-1;;/h1H,2-5H2;1H3;/q;;+1. The third-order valence-electron chi connectivity index (χ3n) is 1.87. The van der Waals surface area contributed by atoms with Crippen LogP contribution in [0.5, 0.6) is 0 Å². The van der Waals surface area contributed by atoms with Crippen molar-refractivity contribution < 1.29 is 0 Å². The molecule has 0 atom stereocenters. The fraction of sp³-hybridized carbons (Fsp3) is 1.00. The van der Waals surface area contributed by atoms with Crippen LogP contribution in [0, 0.1) is 0 Å². The second kappa shape index (κ2) is 2.75. The van der Waals surface area contributed by atoms with Crippen LogP contribution in [-0.2, 0) is 0 Å². The number of hydrogen-bond acceptors (Lipinski definition) is 0. The van der Waals surface area contributed by atoms with Crippen LogP contribution < -0.4 is 0 Å². The first kappa shape index (κ1) is 5.67. The van der Waals surface area contributed by atoms with E-state index in [1.165, 1.54) is 17.6 Å². The van der Waals surface area contributed by atoms with Crippen LogP contribution in [0.2, 0.25) is 10.6 Å². The Morgan fingerprint density at radius 3 is 2.14 bits per heavy atom. The van der Waals surface area contributed by atoms with Crippen LogP contribution in [0.15, 0.2) is 0 Å². The van der Waals surface area contributed by atoms with E-state index in [-0.39, 0.29) is 0 Å². The fourth-order valence-corrected chi connectivity index (χ4v) is 2.43. The second-order valence-electron chi connectivity index (χ2n) is 2.38. The van der Waals surface area contributed by atoms with Crippen LogP contribution >= 0.6 is 0 Å². The molecule has 0 aromatic carbocycles. The number of rotatable bonds is 1. The SMILES string of the molecule is [CH3][Al+][CH]1CCCC1. The van der Waals surface area contributed by atoms with E-state index in [9.17, 15) is 0 Å². The Balaban J connectivity index is 2.14. The van der Waals surface area contributed by atoms with Crippen molar-refractivity contribution in [1.29, 1.82) is 0 Å². The van der Waals surface area contributed by atoms with Gasteiger partial charge in [0.1, 0.15) is 0 Å². The molecule has 0 bridgehead atoms. The van der Waals surface area contributed by atoms with Gasteiger partial charge in [-0.2, -0.15) is 0 Å². The molecule has 0 unspecified atom stereocenters. The molecular formula is C6H12Al+. The monoisotopic (exact) mass is 111 g/mol. The first-order valence-corrected chi connectivity index (χ1v) is 5.05. The molecule has 0 spiro atoms. The van der Waals surface area contributed by atoms with Gasteiger partial charge in [-0.25, -0.2) is 0 Å². The van der Waals surface area contributed by atoms with Gasteiger partial charge < -0.3 is 0 Å². The van der Waals surface area contributed by atoms with E-state index in [2.05, 4.69) is 5.79 Å². The van der Waals surface area contributed by atoms with E-state index in [4.69, 9.17) is 0 Å². The Hall–Kier alpha value is 0.532. The Kier molecular flexibility index (Phi) is 2.22. The van der Waals surface area contributed by atoms with Crippen LogP contribution in [0.3, 0.4) is 0 Å². The van der Waals surface area contributed by atoms with Gasteiger partial charge in [0.05, 0.1) is 0 Å². The number of hydrogen-bond donors (Lipinski definition) is 0. The van der Waals surface area contributed by atoms with Crippen LogP contribution in [0.4, 0.5) is 0 Å². The maximum absolute atomic E-state index is 2.38. The van der Waals surface area contributed by atoms with E-state index in [1.54, 1.807) is 12.8 Å². The Morgan fingerprint density at radius 2 is 1.86 bits per heavy atom. The van der Waals surface area contributed by atoms with Crippen molar-refractivity contribution in [3.8, 4) is 0 Å². The summed E-state index contributed by atoms with van der Waals surface area (Å²) in [5, 5.41) is 0. The van der Waals surface area contributed by atoms with Crippen molar-refractivity contribution in [2.75, 3.05) is 0 Å². The zero-order chi connectivity index (χ0) is 5.11. The minimum atomic E-state index is 0.801. The minimum absolute atomic E-state index is 0.801. The third-order valence-corrected chi connectivity index (χ3v) is 3.48. The molecule has 7 heavy (non-hydrogen) atoms. The summed E-state index contributed by atoms with van der Waals surface area (Å²) in [6, 6.07) is 0. The first-order valence-electron chi connectivity index (χ1n) is 3.23. The van der Waals surface area contributed by atoms with Crippen LogP contribution in [0.25, 0.3) is 0 Å². The molecule has 1 saturated carbocycles. The van der Waals surface area contributed by atoms with E-state index in [1.807, 2.05) is 0 Å². The molecule has 1 heteroatoms. The molecule has 0 radical (unpaired) electrons. The van der Waals surface area contributed by atoms with Crippen LogP contribution in [-0.4, -0.2) is 15.2 Å². The predicted octanol–water partition coefficient (Wildman–Crippen LogP) is 2.10. The summed E-state index contributed by atoms with van der Waals surface area (Å²) < 4.78 is 1.18. The molecule has 0 aromatic rings. The van der Waals surface area contributed by atoms with Gasteiger partial charge in [-0.1, -0.05) is 0 Å². The van der Waals surface area contributed by atoms with Gasteiger partial charge in [-0.15, -0.1) is 0 Å². The summed E-state index contributed by atoms with van der Waals surface area (Å²) in [6.07, 6.45) is 6.13. The molecule has 0 N–H and O–H groups in total. The average Bonchev–Trinajstić information content (AvgIpc) is 2.14. The summed E-state index contributed by atoms with van der Waals surface area (Å²) in [4.78, 5) is 0. The summed E-state index contributed by atoms with van der Waals surface area (Å²) in [7, 11) is 0. The molecule has 1 aliphatic carbocycles. The van der Waals surface area contributed by atoms with Crippen molar-refractivity contribution in [3.63, 3.8) is 0 Å². The zero-order valence-electron chi connectivity index (χ0n) is 4.98. The molecule has 38 valence electrons. The average molecular weight is 111 g/mol. The molecule has 0 nitrogen and oxygen atoms in total. The molecule has 0 amide bonds. The fourth-order valence-electron chi connectivity index (χ4n) is 1.29. The molecule has 0 aromatic heterocycles. The van der Waals surface area contributed by atoms with Gasteiger partial charge in [0.25, 0.3) is 0 Å². The van der Waals surface area contributed by atoms with Crippen molar-refractivity contribution in [3.05, 3.63) is 0 Å². The molecule has 0 saturated heterocycles. The second-order valence-corrected chi connectivity index (χ2v) is 3.99. The third kappa shape index (κ3) is 1.48. The van der Waals surface area contributed by atoms with Gasteiger partial charge in [-0.05, 0) is 0 Å². The molecule has 1 aliphatic rings. The Morgan fingerprint density at radius 1 is 1.29 bits per heavy atom. The first-order chi connectivity index (χ1) is 3.43. The van der Waals surface area contributed by atoms with Gasteiger partial charge in [-0.3, -0.25) is 0 Å². The van der Waals surface area contributed by atoms with E-state index in [0.29, 0.717) is 0 Å². The maximum atomic E-state index is 2.38. The molecule has 1 rings (SSSR count). The summed E-state index contributed by atoms with van der Waals surface area (Å²) in [5.74, 6) is 2.38. The molecule has 1 fully saturated rings. The van der Waals surface area contributed by atoms with Gasteiger partial charge in [0.2, 0.25) is 0 Å². The summed E-state index contributed by atoms with van der Waals surface area (Å²) >= 11 is 0.801. The van der Waals surface area contributed by atoms with Gasteiger partial charge >= 0.3 is 51.5 Å². The van der Waals surface area contributed by atoms with Crippen LogP contribution in [0.1, 0.15) is 25.7 Å². The quantitative estimate of drug-likeness (QED) is 0.454. The van der Waals surface area contributed by atoms with Crippen molar-refractivity contribution >= 4 is 15.2 Å². The van der Waals surface area contributed by atoms with Gasteiger partial charge in [0, 0.05) is 0 Å². The Bertz CT molecular complexity index is 46.1. The predicted molar refractivity (Wildman–Crippen MR) is 33.8 cm³/mol. The Labute approximate surface area is 52.0 Å². The zero-order valence-corrected chi connectivity index (χ0v) is 6.14. The van der Waals surface area contributed by atoms with Gasteiger partial charge in [0.15, 0.2) is 0 Å². The van der Waals surface area contributed by atoms with E-state index >= 15 is 0 Å². The van der Waals surface area contributed by atoms with Crippen molar-refractivity contribution in [2.24, 2.45) is 0 Å². The summed E-state index contributed by atoms with van der Waals surface area (Å²) in [6.45, 7) is 0. The molecule has 0 aliphatic heterocycles.